The van der Waals surface area contributed by atoms with E-state index in [9.17, 15) is 14.0 Å². The van der Waals surface area contributed by atoms with Crippen LogP contribution in [0.2, 0.25) is 0 Å². The standard InChI is InChI=1S/C25H21FN4O3S/c1-25(2,3)16-10-8-15(9-11-16)22-27-20(33-28-22)14-29-19-12-13-34-21(19)23(31)30(24(29)32)18-7-5-4-6-17(18)26/h4-13H,14H2,1-3H3. The molecule has 0 saturated carbocycles. The predicted octanol–water partition coefficient (Wildman–Crippen LogP) is 4.75. The van der Waals surface area contributed by atoms with Crippen molar-refractivity contribution in [1.82, 2.24) is 19.3 Å². The summed E-state index contributed by atoms with van der Waals surface area (Å²) < 4.78 is 22.4. The van der Waals surface area contributed by atoms with E-state index in [1.165, 1.54) is 39.7 Å². The Kier molecular flexibility index (Phi) is 5.28. The van der Waals surface area contributed by atoms with E-state index >= 15 is 0 Å². The topological polar surface area (TPSA) is 82.9 Å². The fourth-order valence-corrected chi connectivity index (χ4v) is 4.60. The molecule has 34 heavy (non-hydrogen) atoms. The van der Waals surface area contributed by atoms with Crippen LogP contribution in [-0.4, -0.2) is 19.3 Å². The lowest BCUT2D eigenvalue weighted by Crippen LogP contribution is -2.39. The molecule has 0 spiro atoms. The highest BCUT2D eigenvalue weighted by Crippen LogP contribution is 2.25. The minimum absolute atomic E-state index is 0.0232. The van der Waals surface area contributed by atoms with Crippen molar-refractivity contribution in [3.8, 4) is 17.1 Å². The first kappa shape index (κ1) is 22.0. The summed E-state index contributed by atoms with van der Waals surface area (Å²) in [4.78, 5) is 30.8. The number of hydrogen-bond donors (Lipinski definition) is 0. The largest absolute Gasteiger partial charge is 0.337 e. The minimum Gasteiger partial charge on any atom is -0.337 e. The number of rotatable bonds is 4. The Labute approximate surface area is 197 Å². The summed E-state index contributed by atoms with van der Waals surface area (Å²) in [6, 6.07) is 15.3. The molecule has 0 atom stereocenters. The molecule has 3 heterocycles. The van der Waals surface area contributed by atoms with E-state index in [1.54, 1.807) is 17.5 Å². The molecular formula is C25H21FN4O3S. The highest BCUT2D eigenvalue weighted by molar-refractivity contribution is 7.17. The maximum atomic E-state index is 14.5. The predicted molar refractivity (Wildman–Crippen MR) is 129 cm³/mol. The quantitative estimate of drug-likeness (QED) is 0.374. The Balaban J connectivity index is 1.56. The monoisotopic (exact) mass is 476 g/mol. The Hall–Kier alpha value is -3.85. The van der Waals surface area contributed by atoms with E-state index < -0.39 is 17.1 Å². The van der Waals surface area contributed by atoms with E-state index in [0.717, 1.165) is 10.1 Å². The summed E-state index contributed by atoms with van der Waals surface area (Å²) in [7, 11) is 0. The van der Waals surface area contributed by atoms with Crippen LogP contribution in [0.3, 0.4) is 0 Å². The van der Waals surface area contributed by atoms with Gasteiger partial charge in [0.15, 0.2) is 0 Å². The van der Waals surface area contributed by atoms with Crippen LogP contribution < -0.4 is 11.2 Å². The number of halogens is 1. The van der Waals surface area contributed by atoms with Gasteiger partial charge in [-0.3, -0.25) is 9.36 Å². The molecule has 0 amide bonds. The minimum atomic E-state index is -0.685. The average Bonchev–Trinajstić information content (AvgIpc) is 3.48. The zero-order chi connectivity index (χ0) is 24.0. The Bertz CT molecular complexity index is 1620. The number of para-hydroxylation sites is 1. The van der Waals surface area contributed by atoms with Gasteiger partial charge < -0.3 is 4.52 Å². The number of aromatic nitrogens is 4. The van der Waals surface area contributed by atoms with Crippen LogP contribution in [0.25, 0.3) is 27.3 Å². The van der Waals surface area contributed by atoms with Crippen molar-refractivity contribution < 1.29 is 8.91 Å². The fourth-order valence-electron chi connectivity index (χ4n) is 3.78. The molecule has 3 aromatic heterocycles. The van der Waals surface area contributed by atoms with Crippen molar-refractivity contribution >= 4 is 21.6 Å². The van der Waals surface area contributed by atoms with Gasteiger partial charge in [-0.05, 0) is 34.6 Å². The highest BCUT2D eigenvalue weighted by atomic mass is 32.1. The summed E-state index contributed by atoms with van der Waals surface area (Å²) in [5.74, 6) is -0.0707. The van der Waals surface area contributed by atoms with Crippen molar-refractivity contribution in [2.24, 2.45) is 0 Å². The lowest BCUT2D eigenvalue weighted by Gasteiger charge is -2.18. The third kappa shape index (κ3) is 3.77. The van der Waals surface area contributed by atoms with E-state index in [1.807, 2.05) is 24.3 Å². The van der Waals surface area contributed by atoms with E-state index in [-0.39, 0.29) is 23.5 Å². The summed E-state index contributed by atoms with van der Waals surface area (Å²) in [6.45, 7) is 6.35. The maximum absolute atomic E-state index is 14.5. The Morgan fingerprint density at radius 2 is 1.76 bits per heavy atom. The zero-order valence-corrected chi connectivity index (χ0v) is 19.6. The summed E-state index contributed by atoms with van der Waals surface area (Å²) >= 11 is 1.19. The Morgan fingerprint density at radius 1 is 1.03 bits per heavy atom. The van der Waals surface area contributed by atoms with E-state index in [2.05, 4.69) is 30.9 Å². The third-order valence-corrected chi connectivity index (χ3v) is 6.51. The molecule has 7 nitrogen and oxygen atoms in total. The highest BCUT2D eigenvalue weighted by Gasteiger charge is 2.20. The van der Waals surface area contributed by atoms with Gasteiger partial charge in [-0.1, -0.05) is 62.3 Å². The molecule has 0 radical (unpaired) electrons. The first-order chi connectivity index (χ1) is 16.2. The van der Waals surface area contributed by atoms with Crippen LogP contribution in [0.5, 0.6) is 0 Å². The number of thiophene rings is 1. The molecule has 0 aliphatic rings. The molecule has 0 aliphatic carbocycles. The molecule has 9 heteroatoms. The first-order valence-corrected chi connectivity index (χ1v) is 11.5. The van der Waals surface area contributed by atoms with Crippen molar-refractivity contribution in [2.45, 2.75) is 32.7 Å². The molecule has 0 N–H and O–H groups in total. The van der Waals surface area contributed by atoms with Crippen LogP contribution in [0.15, 0.2) is 74.1 Å². The summed E-state index contributed by atoms with van der Waals surface area (Å²) in [5.41, 5.74) is 1.06. The molecule has 0 aliphatic heterocycles. The summed E-state index contributed by atoms with van der Waals surface area (Å²) in [6.07, 6.45) is 0. The SMILES string of the molecule is CC(C)(C)c1ccc(-c2noc(Cn3c(=O)n(-c4ccccc4F)c(=O)c4sccc43)n2)cc1. The van der Waals surface area contributed by atoms with Gasteiger partial charge in [-0.25, -0.2) is 13.8 Å². The second kappa shape index (κ2) is 8.18. The molecule has 5 aromatic rings. The fraction of sp³-hybridized carbons (Fsp3) is 0.200. The van der Waals surface area contributed by atoms with Gasteiger partial charge in [-0.2, -0.15) is 4.98 Å². The molecule has 172 valence electrons. The lowest BCUT2D eigenvalue weighted by molar-refractivity contribution is 0.370. The second-order valence-corrected chi connectivity index (χ2v) is 9.85. The third-order valence-electron chi connectivity index (χ3n) is 5.62. The second-order valence-electron chi connectivity index (χ2n) is 8.93. The van der Waals surface area contributed by atoms with Crippen LogP contribution >= 0.6 is 11.3 Å². The van der Waals surface area contributed by atoms with E-state index in [0.29, 0.717) is 16.0 Å². The van der Waals surface area contributed by atoms with Crippen LogP contribution in [0.4, 0.5) is 4.39 Å². The van der Waals surface area contributed by atoms with E-state index in [4.69, 9.17) is 4.52 Å². The van der Waals surface area contributed by atoms with Gasteiger partial charge in [0, 0.05) is 5.56 Å². The molecular weight excluding hydrogens is 455 g/mol. The number of fused-ring (bicyclic) bond motifs is 1. The number of hydrogen-bond acceptors (Lipinski definition) is 6. The van der Waals surface area contributed by atoms with Crippen molar-refractivity contribution in [2.75, 3.05) is 0 Å². The molecule has 5 rings (SSSR count). The lowest BCUT2D eigenvalue weighted by atomic mass is 9.87. The summed E-state index contributed by atoms with van der Waals surface area (Å²) in [5, 5.41) is 5.77. The Morgan fingerprint density at radius 3 is 2.47 bits per heavy atom. The van der Waals surface area contributed by atoms with Gasteiger partial charge in [0.1, 0.15) is 17.1 Å². The van der Waals surface area contributed by atoms with Crippen LogP contribution in [-0.2, 0) is 12.0 Å². The van der Waals surface area contributed by atoms with Crippen molar-refractivity contribution in [1.29, 1.82) is 0 Å². The maximum Gasteiger partial charge on any atom is 0.336 e. The average molecular weight is 477 g/mol. The van der Waals surface area contributed by atoms with Gasteiger partial charge in [0.25, 0.3) is 5.56 Å². The van der Waals surface area contributed by atoms with Crippen molar-refractivity contribution in [3.05, 3.63) is 98.1 Å². The molecule has 0 fully saturated rings. The molecule has 2 aromatic carbocycles. The molecule has 0 unspecified atom stereocenters. The normalized spacial score (nSPS) is 11.9. The van der Waals surface area contributed by atoms with Crippen molar-refractivity contribution in [3.63, 3.8) is 0 Å². The van der Waals surface area contributed by atoms with Gasteiger partial charge in [0.05, 0.1) is 11.2 Å². The van der Waals surface area contributed by atoms with Gasteiger partial charge >= 0.3 is 5.69 Å². The molecule has 0 saturated heterocycles. The smallest absolute Gasteiger partial charge is 0.336 e. The number of benzene rings is 2. The van der Waals surface area contributed by atoms with Gasteiger partial charge in [0.2, 0.25) is 11.7 Å². The van der Waals surface area contributed by atoms with Crippen LogP contribution in [0, 0.1) is 5.82 Å². The van der Waals surface area contributed by atoms with Crippen LogP contribution in [0.1, 0.15) is 32.2 Å². The number of nitrogens with zero attached hydrogens (tertiary/aromatic N) is 4. The molecule has 0 bridgehead atoms. The van der Waals surface area contributed by atoms with Gasteiger partial charge in [-0.15, -0.1) is 11.3 Å². The first-order valence-electron chi connectivity index (χ1n) is 10.7. The zero-order valence-electron chi connectivity index (χ0n) is 18.8.